The molecular formula is C14H19N3O. The van der Waals surface area contributed by atoms with Crippen molar-refractivity contribution in [1.82, 2.24) is 15.3 Å². The van der Waals surface area contributed by atoms with Crippen molar-refractivity contribution in [3.8, 4) is 0 Å². The molecule has 4 nitrogen and oxygen atoms in total. The number of rotatable bonds is 6. The SMILES string of the molecule is CC(C)n1cc(CNOCc2ccccc2)cn1. The zero-order valence-electron chi connectivity index (χ0n) is 10.8. The average molecular weight is 245 g/mol. The Morgan fingerprint density at radius 1 is 1.22 bits per heavy atom. The van der Waals surface area contributed by atoms with E-state index in [1.54, 1.807) is 0 Å². The summed E-state index contributed by atoms with van der Waals surface area (Å²) in [7, 11) is 0. The summed E-state index contributed by atoms with van der Waals surface area (Å²) in [4.78, 5) is 5.41. The minimum absolute atomic E-state index is 0.393. The van der Waals surface area contributed by atoms with Gasteiger partial charge < -0.3 is 0 Å². The first-order chi connectivity index (χ1) is 8.75. The molecule has 1 aromatic carbocycles. The van der Waals surface area contributed by atoms with Gasteiger partial charge in [0.25, 0.3) is 0 Å². The fourth-order valence-electron chi connectivity index (χ4n) is 1.59. The summed E-state index contributed by atoms with van der Waals surface area (Å²) in [5.74, 6) is 0. The third-order valence-electron chi connectivity index (χ3n) is 2.64. The number of hydrogen-bond acceptors (Lipinski definition) is 3. The number of hydrogen-bond donors (Lipinski definition) is 1. The summed E-state index contributed by atoms with van der Waals surface area (Å²) < 4.78 is 1.94. The van der Waals surface area contributed by atoms with Crippen LogP contribution < -0.4 is 5.48 Å². The van der Waals surface area contributed by atoms with E-state index in [4.69, 9.17) is 4.84 Å². The van der Waals surface area contributed by atoms with E-state index in [-0.39, 0.29) is 0 Å². The molecular weight excluding hydrogens is 226 g/mol. The van der Waals surface area contributed by atoms with Crippen molar-refractivity contribution in [2.24, 2.45) is 0 Å². The summed E-state index contributed by atoms with van der Waals surface area (Å²) >= 11 is 0. The molecule has 2 aromatic rings. The summed E-state index contributed by atoms with van der Waals surface area (Å²) in [6, 6.07) is 10.5. The summed E-state index contributed by atoms with van der Waals surface area (Å²) in [6.07, 6.45) is 3.89. The highest BCUT2D eigenvalue weighted by atomic mass is 16.6. The third kappa shape index (κ3) is 3.68. The molecule has 1 N–H and O–H groups in total. The van der Waals surface area contributed by atoms with Crippen molar-refractivity contribution < 1.29 is 4.84 Å². The van der Waals surface area contributed by atoms with Gasteiger partial charge in [0.1, 0.15) is 0 Å². The molecule has 0 radical (unpaired) electrons. The van der Waals surface area contributed by atoms with Crippen LogP contribution in [0.1, 0.15) is 31.0 Å². The molecule has 0 saturated carbocycles. The number of aromatic nitrogens is 2. The molecule has 0 aliphatic carbocycles. The van der Waals surface area contributed by atoms with Crippen molar-refractivity contribution >= 4 is 0 Å². The van der Waals surface area contributed by atoms with Gasteiger partial charge in [-0.25, -0.2) is 0 Å². The normalized spacial score (nSPS) is 11.1. The van der Waals surface area contributed by atoms with Gasteiger partial charge in [0.05, 0.1) is 12.8 Å². The molecule has 2 rings (SSSR count). The van der Waals surface area contributed by atoms with E-state index in [0.717, 1.165) is 11.1 Å². The largest absolute Gasteiger partial charge is 0.297 e. The molecule has 0 aliphatic heterocycles. The first-order valence-corrected chi connectivity index (χ1v) is 6.17. The predicted molar refractivity (Wildman–Crippen MR) is 70.7 cm³/mol. The van der Waals surface area contributed by atoms with Crippen LogP contribution >= 0.6 is 0 Å². The Hall–Kier alpha value is -1.65. The second kappa shape index (κ2) is 6.33. The van der Waals surface area contributed by atoms with Crippen LogP contribution in [-0.2, 0) is 18.0 Å². The van der Waals surface area contributed by atoms with Crippen LogP contribution in [0, 0.1) is 0 Å². The Morgan fingerprint density at radius 2 is 2.00 bits per heavy atom. The lowest BCUT2D eigenvalue weighted by Crippen LogP contribution is -2.13. The van der Waals surface area contributed by atoms with Gasteiger partial charge >= 0.3 is 0 Å². The lowest BCUT2D eigenvalue weighted by Gasteiger charge is -2.05. The topological polar surface area (TPSA) is 39.1 Å². The second-order valence-electron chi connectivity index (χ2n) is 4.52. The highest BCUT2D eigenvalue weighted by Gasteiger charge is 2.01. The molecule has 0 unspecified atom stereocenters. The van der Waals surface area contributed by atoms with Crippen LogP contribution in [0.15, 0.2) is 42.7 Å². The van der Waals surface area contributed by atoms with Crippen LogP contribution in [0.2, 0.25) is 0 Å². The van der Waals surface area contributed by atoms with Crippen LogP contribution in [0.3, 0.4) is 0 Å². The standard InChI is InChI=1S/C14H19N3O/c1-12(2)17-10-14(8-15-17)9-16-18-11-13-6-4-3-5-7-13/h3-8,10,12,16H,9,11H2,1-2H3. The van der Waals surface area contributed by atoms with E-state index in [9.17, 15) is 0 Å². The summed E-state index contributed by atoms with van der Waals surface area (Å²) in [5.41, 5.74) is 5.23. The lowest BCUT2D eigenvalue weighted by atomic mass is 10.2. The quantitative estimate of drug-likeness (QED) is 0.628. The van der Waals surface area contributed by atoms with E-state index >= 15 is 0 Å². The highest BCUT2D eigenvalue weighted by Crippen LogP contribution is 2.05. The summed E-state index contributed by atoms with van der Waals surface area (Å²) in [5, 5.41) is 4.27. The third-order valence-corrected chi connectivity index (χ3v) is 2.64. The van der Waals surface area contributed by atoms with Gasteiger partial charge in [0, 0.05) is 24.3 Å². The first-order valence-electron chi connectivity index (χ1n) is 6.17. The van der Waals surface area contributed by atoms with Gasteiger partial charge in [0.15, 0.2) is 0 Å². The Bertz CT molecular complexity index is 465. The van der Waals surface area contributed by atoms with Gasteiger partial charge in [-0.15, -0.1) is 0 Å². The van der Waals surface area contributed by atoms with E-state index in [2.05, 4.69) is 24.4 Å². The molecule has 96 valence electrons. The van der Waals surface area contributed by atoms with Crippen LogP contribution in [0.25, 0.3) is 0 Å². The van der Waals surface area contributed by atoms with Crippen LogP contribution in [0.4, 0.5) is 0 Å². The van der Waals surface area contributed by atoms with Gasteiger partial charge in [-0.05, 0) is 19.4 Å². The number of nitrogens with zero attached hydrogens (tertiary/aromatic N) is 2. The monoisotopic (exact) mass is 245 g/mol. The van der Waals surface area contributed by atoms with Gasteiger partial charge in [-0.3, -0.25) is 9.52 Å². The Labute approximate surface area is 108 Å². The molecule has 1 aromatic heterocycles. The highest BCUT2D eigenvalue weighted by molar-refractivity contribution is 5.13. The first kappa shape index (κ1) is 12.8. The number of nitrogens with one attached hydrogen (secondary N) is 1. The van der Waals surface area contributed by atoms with E-state index in [1.807, 2.05) is 47.4 Å². The van der Waals surface area contributed by atoms with E-state index in [0.29, 0.717) is 19.2 Å². The molecule has 1 heterocycles. The van der Waals surface area contributed by atoms with Gasteiger partial charge in [-0.1, -0.05) is 30.3 Å². The van der Waals surface area contributed by atoms with Crippen LogP contribution in [-0.4, -0.2) is 9.78 Å². The zero-order chi connectivity index (χ0) is 12.8. The fourth-order valence-corrected chi connectivity index (χ4v) is 1.59. The van der Waals surface area contributed by atoms with Crippen molar-refractivity contribution in [2.45, 2.75) is 33.0 Å². The molecule has 0 fully saturated rings. The van der Waals surface area contributed by atoms with Crippen molar-refractivity contribution in [1.29, 1.82) is 0 Å². The minimum atomic E-state index is 0.393. The molecule has 0 spiro atoms. The van der Waals surface area contributed by atoms with Crippen molar-refractivity contribution in [3.63, 3.8) is 0 Å². The van der Waals surface area contributed by atoms with E-state index in [1.165, 1.54) is 0 Å². The molecule has 0 atom stereocenters. The molecule has 4 heteroatoms. The summed E-state index contributed by atoms with van der Waals surface area (Å²) in [6.45, 7) is 5.45. The van der Waals surface area contributed by atoms with Crippen molar-refractivity contribution in [2.75, 3.05) is 0 Å². The maximum absolute atomic E-state index is 5.41. The zero-order valence-corrected chi connectivity index (χ0v) is 10.8. The second-order valence-corrected chi connectivity index (χ2v) is 4.52. The van der Waals surface area contributed by atoms with Crippen LogP contribution in [0.5, 0.6) is 0 Å². The molecule has 0 aliphatic rings. The maximum atomic E-state index is 5.41. The van der Waals surface area contributed by atoms with Crippen molar-refractivity contribution in [3.05, 3.63) is 53.9 Å². The van der Waals surface area contributed by atoms with Gasteiger partial charge in [-0.2, -0.15) is 10.6 Å². The molecule has 18 heavy (non-hydrogen) atoms. The predicted octanol–water partition coefficient (Wildman–Crippen LogP) is 2.69. The van der Waals surface area contributed by atoms with Gasteiger partial charge in [0.2, 0.25) is 0 Å². The Morgan fingerprint density at radius 3 is 2.67 bits per heavy atom. The minimum Gasteiger partial charge on any atom is -0.297 e. The maximum Gasteiger partial charge on any atom is 0.0933 e. The molecule has 0 saturated heterocycles. The number of benzene rings is 1. The lowest BCUT2D eigenvalue weighted by molar-refractivity contribution is 0.0235. The smallest absolute Gasteiger partial charge is 0.0933 e. The Balaban J connectivity index is 1.72. The average Bonchev–Trinajstić information content (AvgIpc) is 2.85. The van der Waals surface area contributed by atoms with E-state index < -0.39 is 0 Å². The number of hydroxylamine groups is 1. The Kier molecular flexibility index (Phi) is 4.50. The molecule has 0 bridgehead atoms. The molecule has 0 amide bonds. The fraction of sp³-hybridized carbons (Fsp3) is 0.357.